The van der Waals surface area contributed by atoms with E-state index in [1.165, 1.54) is 0 Å². The topological polar surface area (TPSA) is 89.6 Å². The zero-order valence-electron chi connectivity index (χ0n) is 17.0. The molecule has 0 unspecified atom stereocenters. The number of aryl methyl sites for hydroxylation is 1. The molecule has 1 fully saturated rings. The number of nitrogens with zero attached hydrogens (tertiary/aromatic N) is 3. The smallest absolute Gasteiger partial charge is 0.273 e. The van der Waals surface area contributed by atoms with Crippen molar-refractivity contribution in [2.45, 2.75) is 32.2 Å². The van der Waals surface area contributed by atoms with E-state index in [1.54, 1.807) is 19.1 Å². The molecule has 0 aliphatic carbocycles. The number of carbonyl (C=O) groups is 1. The Hall–Kier alpha value is -2.45. The van der Waals surface area contributed by atoms with Crippen molar-refractivity contribution >= 4 is 5.91 Å². The molecule has 2 aromatic rings. The lowest BCUT2D eigenvalue weighted by atomic mass is 9.78. The summed E-state index contributed by atoms with van der Waals surface area (Å²) < 4.78 is 12.4. The van der Waals surface area contributed by atoms with E-state index in [0.717, 1.165) is 38.4 Å². The van der Waals surface area contributed by atoms with Gasteiger partial charge in [-0.25, -0.2) is 0 Å². The van der Waals surface area contributed by atoms with E-state index < -0.39 is 0 Å². The van der Waals surface area contributed by atoms with Crippen molar-refractivity contribution in [1.29, 1.82) is 0 Å². The van der Waals surface area contributed by atoms with Gasteiger partial charge in [-0.15, -0.1) is 0 Å². The number of likely N-dealkylation sites (tertiary alicyclic amines) is 1. The van der Waals surface area contributed by atoms with Crippen LogP contribution in [0.1, 0.15) is 47.2 Å². The van der Waals surface area contributed by atoms with Crippen LogP contribution in [0.4, 0.5) is 0 Å². The molecule has 2 aromatic heterocycles. The minimum atomic E-state index is -0.279. The Morgan fingerprint density at radius 2 is 2.24 bits per heavy atom. The predicted octanol–water partition coefficient (Wildman–Crippen LogP) is 1.57. The molecule has 1 amide bonds. The second-order valence-electron chi connectivity index (χ2n) is 7.91. The van der Waals surface area contributed by atoms with Crippen molar-refractivity contribution in [1.82, 2.24) is 19.9 Å². The highest BCUT2D eigenvalue weighted by molar-refractivity contribution is 5.92. The number of fused-ring (bicyclic) bond motifs is 4. The second kappa shape index (κ2) is 8.51. The molecule has 4 rings (SSSR count). The van der Waals surface area contributed by atoms with Crippen LogP contribution >= 0.6 is 0 Å². The average Bonchev–Trinajstić information content (AvgIpc) is 3.15. The Morgan fingerprint density at radius 3 is 3.00 bits per heavy atom. The summed E-state index contributed by atoms with van der Waals surface area (Å²) in [5, 5.41) is 6.74. The molecule has 8 heteroatoms. The van der Waals surface area contributed by atoms with E-state index in [-0.39, 0.29) is 23.2 Å². The lowest BCUT2D eigenvalue weighted by molar-refractivity contribution is 0.0560. The normalized spacial score (nSPS) is 23.6. The minimum absolute atomic E-state index is 0.00324. The molecule has 2 aliphatic heterocycles. The van der Waals surface area contributed by atoms with Gasteiger partial charge in [0.25, 0.3) is 11.5 Å². The molecule has 1 N–H and O–H groups in total. The molecular weight excluding hydrogens is 372 g/mol. The molecule has 0 spiro atoms. The highest BCUT2D eigenvalue weighted by Crippen LogP contribution is 2.40. The second-order valence-corrected chi connectivity index (χ2v) is 7.91. The molecule has 4 heterocycles. The molecular formula is C21H28N4O4. The molecule has 3 atom stereocenters. The summed E-state index contributed by atoms with van der Waals surface area (Å²) in [5.74, 6) is 0.935. The number of carbonyl (C=O) groups excluding carboxylic acids is 1. The number of ether oxygens (including phenoxy) is 1. The lowest BCUT2D eigenvalue weighted by Crippen LogP contribution is -2.52. The standard InChI is InChI=1S/C21H28N4O4/c1-3-28-8-7-24-12-15-10-16(13-24)19(25-18(15)5-4-6-20(25)26)11-22-21(27)17-9-14(2)29-23-17/h4-6,9,15-16,19H,3,7-8,10-13H2,1-2H3,(H,22,27)/t15-,16+,19+/m1/s1. The Kier molecular flexibility index (Phi) is 5.82. The first-order valence-electron chi connectivity index (χ1n) is 10.3. The molecule has 29 heavy (non-hydrogen) atoms. The van der Waals surface area contributed by atoms with Gasteiger partial charge < -0.3 is 24.0 Å². The monoisotopic (exact) mass is 400 g/mol. The number of hydrogen-bond acceptors (Lipinski definition) is 6. The van der Waals surface area contributed by atoms with Gasteiger partial charge in [-0.3, -0.25) is 9.59 Å². The van der Waals surface area contributed by atoms with E-state index in [0.29, 0.717) is 30.7 Å². The number of piperidine rings is 1. The summed E-state index contributed by atoms with van der Waals surface area (Å²) in [5.41, 5.74) is 1.32. The van der Waals surface area contributed by atoms with Gasteiger partial charge >= 0.3 is 0 Å². The molecule has 1 saturated heterocycles. The molecule has 8 nitrogen and oxygen atoms in total. The summed E-state index contributed by atoms with van der Waals surface area (Å²) in [7, 11) is 0. The number of nitrogens with one attached hydrogen (secondary N) is 1. The van der Waals surface area contributed by atoms with Gasteiger partial charge in [0, 0.05) is 56.5 Å². The van der Waals surface area contributed by atoms with Crippen molar-refractivity contribution < 1.29 is 14.1 Å². The fourth-order valence-electron chi connectivity index (χ4n) is 4.68. The minimum Gasteiger partial charge on any atom is -0.380 e. The maximum Gasteiger partial charge on any atom is 0.273 e. The summed E-state index contributed by atoms with van der Waals surface area (Å²) in [6, 6.07) is 7.02. The Bertz CT molecular complexity index is 921. The van der Waals surface area contributed by atoms with Gasteiger partial charge in [-0.05, 0) is 32.3 Å². The molecule has 0 aromatic carbocycles. The van der Waals surface area contributed by atoms with Gasteiger partial charge in [0.05, 0.1) is 12.6 Å². The first-order chi connectivity index (χ1) is 14.1. The van der Waals surface area contributed by atoms with Crippen LogP contribution in [0, 0.1) is 12.8 Å². The summed E-state index contributed by atoms with van der Waals surface area (Å²) in [4.78, 5) is 27.6. The predicted molar refractivity (Wildman–Crippen MR) is 107 cm³/mol. The number of hydrogen-bond donors (Lipinski definition) is 1. The fraction of sp³-hybridized carbons (Fsp3) is 0.571. The first kappa shape index (κ1) is 19.8. The third-order valence-electron chi connectivity index (χ3n) is 5.96. The largest absolute Gasteiger partial charge is 0.380 e. The summed E-state index contributed by atoms with van der Waals surface area (Å²) >= 11 is 0. The van der Waals surface area contributed by atoms with Crippen LogP contribution < -0.4 is 10.9 Å². The Labute approximate surface area is 169 Å². The fourth-order valence-corrected chi connectivity index (χ4v) is 4.68. The van der Waals surface area contributed by atoms with E-state index in [4.69, 9.17) is 9.26 Å². The Balaban J connectivity index is 1.54. The third-order valence-corrected chi connectivity index (χ3v) is 5.96. The van der Waals surface area contributed by atoms with Crippen molar-refractivity contribution in [2.24, 2.45) is 5.92 Å². The summed E-state index contributed by atoms with van der Waals surface area (Å²) in [6.07, 6.45) is 1.03. The van der Waals surface area contributed by atoms with Crippen molar-refractivity contribution in [3.05, 3.63) is 51.8 Å². The van der Waals surface area contributed by atoms with Crippen LogP contribution in [0.3, 0.4) is 0 Å². The van der Waals surface area contributed by atoms with Crippen LogP contribution in [0.25, 0.3) is 0 Å². The van der Waals surface area contributed by atoms with Gasteiger partial charge in [-0.2, -0.15) is 0 Å². The zero-order valence-corrected chi connectivity index (χ0v) is 17.0. The van der Waals surface area contributed by atoms with Crippen molar-refractivity contribution in [3.8, 4) is 0 Å². The lowest BCUT2D eigenvalue weighted by Gasteiger charge is -2.47. The molecule has 156 valence electrons. The SMILES string of the molecule is CCOCCN1C[C@H]2C[C@@H](C1)[C@H](CNC(=O)c1cc(C)on1)n1c2cccc1=O. The highest BCUT2D eigenvalue weighted by Gasteiger charge is 2.40. The molecule has 0 saturated carbocycles. The van der Waals surface area contributed by atoms with Gasteiger partial charge in [0.1, 0.15) is 5.76 Å². The van der Waals surface area contributed by atoms with E-state index >= 15 is 0 Å². The first-order valence-corrected chi connectivity index (χ1v) is 10.3. The van der Waals surface area contributed by atoms with Crippen LogP contribution in [0.2, 0.25) is 0 Å². The van der Waals surface area contributed by atoms with Gasteiger partial charge in [-0.1, -0.05) is 11.2 Å². The van der Waals surface area contributed by atoms with E-state index in [1.807, 2.05) is 23.6 Å². The number of amides is 1. The molecule has 0 radical (unpaired) electrons. The van der Waals surface area contributed by atoms with Crippen molar-refractivity contribution in [3.63, 3.8) is 0 Å². The maximum atomic E-state index is 12.7. The number of rotatable bonds is 7. The zero-order chi connectivity index (χ0) is 20.4. The van der Waals surface area contributed by atoms with Crippen molar-refractivity contribution in [2.75, 3.05) is 39.4 Å². The van der Waals surface area contributed by atoms with E-state index in [2.05, 4.69) is 15.4 Å². The Morgan fingerprint density at radius 1 is 1.38 bits per heavy atom. The highest BCUT2D eigenvalue weighted by atomic mass is 16.5. The maximum absolute atomic E-state index is 12.7. The molecule has 2 bridgehead atoms. The third kappa shape index (κ3) is 4.13. The van der Waals surface area contributed by atoms with Crippen LogP contribution in [-0.4, -0.2) is 59.9 Å². The number of aromatic nitrogens is 2. The van der Waals surface area contributed by atoms with Crippen LogP contribution in [0.15, 0.2) is 33.6 Å². The summed E-state index contributed by atoms with van der Waals surface area (Å²) in [6.45, 7) is 8.29. The molecule has 2 aliphatic rings. The van der Waals surface area contributed by atoms with Crippen LogP contribution in [-0.2, 0) is 4.74 Å². The van der Waals surface area contributed by atoms with E-state index in [9.17, 15) is 9.59 Å². The quantitative estimate of drug-likeness (QED) is 0.710. The van der Waals surface area contributed by atoms with Crippen LogP contribution in [0.5, 0.6) is 0 Å². The number of pyridine rings is 1. The average molecular weight is 400 g/mol. The van der Waals surface area contributed by atoms with Gasteiger partial charge in [0.2, 0.25) is 0 Å². The van der Waals surface area contributed by atoms with Gasteiger partial charge in [0.15, 0.2) is 5.69 Å².